The Kier molecular flexibility index (Phi) is 2.53. The van der Waals surface area contributed by atoms with Gasteiger partial charge >= 0.3 is 0 Å². The molecular weight excluding hydrogens is 231 g/mol. The number of hydrogen-bond acceptors (Lipinski definition) is 3. The van der Waals surface area contributed by atoms with E-state index in [-0.39, 0.29) is 23.0 Å². The number of nitrogen functional groups attached to an aromatic ring is 1. The fraction of sp³-hybridized carbons (Fsp3) is 0.400. The number of rotatable bonds is 1. The lowest BCUT2D eigenvalue weighted by Gasteiger charge is -2.17. The first-order valence-corrected chi connectivity index (χ1v) is 6.56. The van der Waals surface area contributed by atoms with E-state index < -0.39 is 15.8 Å². The molecule has 1 aromatic carbocycles. The van der Waals surface area contributed by atoms with E-state index >= 15 is 0 Å². The van der Waals surface area contributed by atoms with Crippen LogP contribution in [0.3, 0.4) is 0 Å². The van der Waals surface area contributed by atoms with Gasteiger partial charge in [-0.15, -0.1) is 0 Å². The van der Waals surface area contributed by atoms with E-state index in [1.54, 1.807) is 0 Å². The number of nitrogens with two attached hydrogens (primary N) is 1. The standard InChI is InChI=1S/C10H13FN2O2S/c1-7-5-13(16(14,15)6-7)10-3-2-8(12)4-9(10)11/h2-4,7H,5-6,12H2,1H3. The van der Waals surface area contributed by atoms with Crippen molar-refractivity contribution in [3.63, 3.8) is 0 Å². The van der Waals surface area contributed by atoms with Gasteiger partial charge in [0.15, 0.2) is 0 Å². The van der Waals surface area contributed by atoms with Crippen LogP contribution in [0.4, 0.5) is 15.8 Å². The first kappa shape index (κ1) is 11.2. The van der Waals surface area contributed by atoms with E-state index in [4.69, 9.17) is 5.73 Å². The minimum absolute atomic E-state index is 0.0157. The second-order valence-corrected chi connectivity index (χ2v) is 6.06. The lowest BCUT2D eigenvalue weighted by molar-refractivity contribution is 0.594. The van der Waals surface area contributed by atoms with Crippen LogP contribution >= 0.6 is 0 Å². The van der Waals surface area contributed by atoms with Crippen molar-refractivity contribution in [1.82, 2.24) is 0 Å². The average molecular weight is 244 g/mol. The smallest absolute Gasteiger partial charge is 0.235 e. The van der Waals surface area contributed by atoms with Crippen molar-refractivity contribution in [3.05, 3.63) is 24.0 Å². The van der Waals surface area contributed by atoms with Gasteiger partial charge in [0.25, 0.3) is 0 Å². The van der Waals surface area contributed by atoms with E-state index in [0.717, 1.165) is 10.4 Å². The molecule has 0 aliphatic carbocycles. The largest absolute Gasteiger partial charge is 0.399 e. The van der Waals surface area contributed by atoms with Crippen LogP contribution in [0, 0.1) is 11.7 Å². The van der Waals surface area contributed by atoms with Crippen molar-refractivity contribution in [2.24, 2.45) is 5.92 Å². The zero-order valence-electron chi connectivity index (χ0n) is 8.85. The monoisotopic (exact) mass is 244 g/mol. The third kappa shape index (κ3) is 1.84. The summed E-state index contributed by atoms with van der Waals surface area (Å²) in [6.07, 6.45) is 0. The van der Waals surface area contributed by atoms with Gasteiger partial charge in [0, 0.05) is 12.2 Å². The molecule has 2 N–H and O–H groups in total. The fourth-order valence-electron chi connectivity index (χ4n) is 1.87. The molecule has 1 aromatic rings. The summed E-state index contributed by atoms with van der Waals surface area (Å²) in [5, 5.41) is 0. The van der Waals surface area contributed by atoms with Crippen LogP contribution in [-0.2, 0) is 10.0 Å². The van der Waals surface area contributed by atoms with Crippen LogP contribution in [0.5, 0.6) is 0 Å². The molecule has 0 bridgehead atoms. The van der Waals surface area contributed by atoms with Gasteiger partial charge in [-0.2, -0.15) is 0 Å². The van der Waals surface area contributed by atoms with Crippen LogP contribution in [0.15, 0.2) is 18.2 Å². The van der Waals surface area contributed by atoms with E-state index in [2.05, 4.69) is 0 Å². The maximum absolute atomic E-state index is 13.6. The second kappa shape index (κ2) is 3.62. The van der Waals surface area contributed by atoms with Gasteiger partial charge in [-0.3, -0.25) is 4.31 Å². The average Bonchev–Trinajstić information content (AvgIpc) is 2.39. The molecule has 0 amide bonds. The van der Waals surface area contributed by atoms with Crippen molar-refractivity contribution in [2.45, 2.75) is 6.92 Å². The molecule has 1 aliphatic heterocycles. The summed E-state index contributed by atoms with van der Waals surface area (Å²) >= 11 is 0. The summed E-state index contributed by atoms with van der Waals surface area (Å²) in [6.45, 7) is 2.15. The van der Waals surface area contributed by atoms with Crippen molar-refractivity contribution in [2.75, 3.05) is 22.3 Å². The number of sulfonamides is 1. The topological polar surface area (TPSA) is 63.4 Å². The SMILES string of the molecule is CC1CN(c2ccc(N)cc2F)S(=O)(=O)C1. The summed E-state index contributed by atoms with van der Waals surface area (Å²) < 4.78 is 38.2. The molecule has 4 nitrogen and oxygen atoms in total. The molecule has 16 heavy (non-hydrogen) atoms. The summed E-state index contributed by atoms with van der Waals surface area (Å²) in [6, 6.07) is 4.03. The van der Waals surface area contributed by atoms with Gasteiger partial charge in [0.1, 0.15) is 5.82 Å². The van der Waals surface area contributed by atoms with Crippen LogP contribution in [0.1, 0.15) is 6.92 Å². The summed E-state index contributed by atoms with van der Waals surface area (Å²) in [5.41, 5.74) is 5.78. The summed E-state index contributed by atoms with van der Waals surface area (Å²) in [4.78, 5) is 0. The van der Waals surface area contributed by atoms with Crippen LogP contribution in [-0.4, -0.2) is 20.7 Å². The summed E-state index contributed by atoms with van der Waals surface area (Å²) in [7, 11) is -3.37. The Labute approximate surface area is 93.9 Å². The first-order valence-electron chi connectivity index (χ1n) is 4.95. The van der Waals surface area contributed by atoms with Gasteiger partial charge in [-0.25, -0.2) is 12.8 Å². The predicted molar refractivity (Wildman–Crippen MR) is 61.1 cm³/mol. The van der Waals surface area contributed by atoms with Gasteiger partial charge in [0.05, 0.1) is 11.4 Å². The Morgan fingerprint density at radius 2 is 2.19 bits per heavy atom. The molecule has 0 radical (unpaired) electrons. The van der Waals surface area contributed by atoms with Gasteiger partial charge in [0.2, 0.25) is 10.0 Å². The molecule has 1 fully saturated rings. The minimum Gasteiger partial charge on any atom is -0.399 e. The normalized spacial score (nSPS) is 23.6. The van der Waals surface area contributed by atoms with E-state index in [9.17, 15) is 12.8 Å². The Balaban J connectivity index is 2.45. The van der Waals surface area contributed by atoms with Crippen molar-refractivity contribution >= 4 is 21.4 Å². The molecule has 0 aromatic heterocycles. The highest BCUT2D eigenvalue weighted by Gasteiger charge is 2.34. The van der Waals surface area contributed by atoms with Crippen molar-refractivity contribution in [1.29, 1.82) is 0 Å². The molecule has 0 saturated carbocycles. The van der Waals surface area contributed by atoms with Crippen LogP contribution in [0.25, 0.3) is 0 Å². The lowest BCUT2D eigenvalue weighted by Crippen LogP contribution is -2.26. The molecule has 0 spiro atoms. The number of hydrogen-bond donors (Lipinski definition) is 1. The summed E-state index contributed by atoms with van der Waals surface area (Å²) in [5.74, 6) is -0.517. The molecular formula is C10H13FN2O2S. The molecule has 6 heteroatoms. The van der Waals surface area contributed by atoms with E-state index in [1.165, 1.54) is 12.1 Å². The number of anilines is 2. The zero-order chi connectivity index (χ0) is 11.9. The number of nitrogens with zero attached hydrogens (tertiary/aromatic N) is 1. The van der Waals surface area contributed by atoms with Crippen molar-refractivity contribution < 1.29 is 12.8 Å². The van der Waals surface area contributed by atoms with Gasteiger partial charge < -0.3 is 5.73 Å². The third-order valence-corrected chi connectivity index (χ3v) is 4.56. The Hall–Kier alpha value is -1.30. The maximum Gasteiger partial charge on any atom is 0.235 e. The Morgan fingerprint density at radius 1 is 1.50 bits per heavy atom. The van der Waals surface area contributed by atoms with Crippen molar-refractivity contribution in [3.8, 4) is 0 Å². The first-order chi connectivity index (χ1) is 7.40. The quantitative estimate of drug-likeness (QED) is 0.755. The van der Waals surface area contributed by atoms with Gasteiger partial charge in [-0.1, -0.05) is 6.92 Å². The second-order valence-electron chi connectivity index (χ2n) is 4.13. The zero-order valence-corrected chi connectivity index (χ0v) is 9.67. The Morgan fingerprint density at radius 3 is 2.69 bits per heavy atom. The Bertz CT molecular complexity index is 516. The molecule has 88 valence electrons. The minimum atomic E-state index is -3.37. The molecule has 1 heterocycles. The lowest BCUT2D eigenvalue weighted by atomic mass is 10.2. The molecule has 1 atom stereocenters. The highest BCUT2D eigenvalue weighted by atomic mass is 32.2. The fourth-order valence-corrected chi connectivity index (χ4v) is 3.81. The van der Waals surface area contributed by atoms with E-state index in [1.807, 2.05) is 6.92 Å². The molecule has 1 saturated heterocycles. The number of halogens is 1. The highest BCUT2D eigenvalue weighted by molar-refractivity contribution is 7.93. The number of benzene rings is 1. The molecule has 2 rings (SSSR count). The molecule has 1 aliphatic rings. The highest BCUT2D eigenvalue weighted by Crippen LogP contribution is 2.29. The third-order valence-electron chi connectivity index (χ3n) is 2.55. The predicted octanol–water partition coefficient (Wildman–Crippen LogP) is 1.19. The van der Waals surface area contributed by atoms with Gasteiger partial charge in [-0.05, 0) is 24.1 Å². The van der Waals surface area contributed by atoms with E-state index in [0.29, 0.717) is 6.54 Å². The van der Waals surface area contributed by atoms with Crippen LogP contribution < -0.4 is 10.0 Å². The maximum atomic E-state index is 13.6. The van der Waals surface area contributed by atoms with Crippen LogP contribution in [0.2, 0.25) is 0 Å². The molecule has 1 unspecified atom stereocenters.